The summed E-state index contributed by atoms with van der Waals surface area (Å²) in [5.41, 5.74) is 1.12. The lowest BCUT2D eigenvalue weighted by Crippen LogP contribution is -2.27. The summed E-state index contributed by atoms with van der Waals surface area (Å²) >= 11 is 11.8. The number of carbonyl (C=O) groups excluding carboxylic acids is 4. The molecule has 3 rings (SSSR count). The van der Waals surface area contributed by atoms with Gasteiger partial charge in [-0.15, -0.1) is 0 Å². The van der Waals surface area contributed by atoms with Crippen molar-refractivity contribution in [3.05, 3.63) is 63.6 Å². The number of Topliss-reactive ketones (excluding diaryl/α,β-unsaturated/α-hetero) is 1. The van der Waals surface area contributed by atoms with E-state index in [1.807, 2.05) is 0 Å². The fraction of sp³-hybridized carbons (Fsp3) is 0.273. The van der Waals surface area contributed by atoms with Crippen LogP contribution in [0, 0.1) is 5.92 Å². The van der Waals surface area contributed by atoms with Crippen molar-refractivity contribution in [2.24, 2.45) is 5.92 Å². The molecule has 0 bridgehead atoms. The van der Waals surface area contributed by atoms with E-state index < -0.39 is 30.2 Å². The molecule has 1 amide bonds. The highest BCUT2D eigenvalue weighted by molar-refractivity contribution is 6.36. The van der Waals surface area contributed by atoms with Crippen LogP contribution in [0.4, 0.5) is 5.69 Å². The maximum absolute atomic E-state index is 12.4. The highest BCUT2D eigenvalue weighted by Crippen LogP contribution is 2.27. The Morgan fingerprint density at radius 3 is 2.42 bits per heavy atom. The Morgan fingerprint density at radius 1 is 1.06 bits per heavy atom. The molecule has 0 N–H and O–H groups in total. The fourth-order valence-corrected chi connectivity index (χ4v) is 3.67. The zero-order chi connectivity index (χ0) is 22.5. The Hall–Kier alpha value is -2.90. The minimum atomic E-state index is -0.703. The van der Waals surface area contributed by atoms with Crippen LogP contribution in [0.25, 0.3) is 0 Å². The Morgan fingerprint density at radius 2 is 1.77 bits per heavy atom. The summed E-state index contributed by atoms with van der Waals surface area (Å²) in [5.74, 6) is -2.51. The van der Waals surface area contributed by atoms with E-state index in [-0.39, 0.29) is 36.1 Å². The molecule has 1 heterocycles. The second-order valence-corrected chi connectivity index (χ2v) is 7.67. The SMILES string of the molecule is CCOC(=O)c1ccc(N2C[C@@H](C(=O)OCC(=O)c3ccc(Cl)cc3Cl)CC2=O)cc1. The zero-order valence-corrected chi connectivity index (χ0v) is 18.1. The third-order valence-corrected chi connectivity index (χ3v) is 5.27. The summed E-state index contributed by atoms with van der Waals surface area (Å²) in [7, 11) is 0. The summed E-state index contributed by atoms with van der Waals surface area (Å²) in [6.45, 7) is 1.61. The molecule has 9 heteroatoms. The van der Waals surface area contributed by atoms with E-state index in [0.29, 0.717) is 16.3 Å². The third-order valence-electron chi connectivity index (χ3n) is 4.73. The van der Waals surface area contributed by atoms with Crippen molar-refractivity contribution >= 4 is 52.5 Å². The van der Waals surface area contributed by atoms with Crippen LogP contribution >= 0.6 is 23.2 Å². The summed E-state index contributed by atoms with van der Waals surface area (Å²) in [6, 6.07) is 10.7. The molecule has 0 radical (unpaired) electrons. The molecule has 0 unspecified atom stereocenters. The topological polar surface area (TPSA) is 90.0 Å². The molecule has 1 aliphatic rings. The number of carbonyl (C=O) groups is 4. The van der Waals surface area contributed by atoms with Crippen LogP contribution < -0.4 is 4.90 Å². The average Bonchev–Trinajstić information content (AvgIpc) is 3.14. The van der Waals surface area contributed by atoms with Gasteiger partial charge in [-0.3, -0.25) is 14.4 Å². The number of halogens is 2. The molecule has 0 spiro atoms. The van der Waals surface area contributed by atoms with Crippen molar-refractivity contribution in [3.8, 4) is 0 Å². The van der Waals surface area contributed by atoms with Crippen LogP contribution in [0.15, 0.2) is 42.5 Å². The number of ketones is 1. The van der Waals surface area contributed by atoms with E-state index in [1.165, 1.54) is 23.1 Å². The molecule has 1 saturated heterocycles. The number of amides is 1. The molecule has 2 aromatic carbocycles. The van der Waals surface area contributed by atoms with Gasteiger partial charge in [0.25, 0.3) is 0 Å². The molecular formula is C22H19Cl2NO6. The van der Waals surface area contributed by atoms with E-state index in [1.54, 1.807) is 31.2 Å². The quantitative estimate of drug-likeness (QED) is 0.456. The van der Waals surface area contributed by atoms with Gasteiger partial charge in [0.15, 0.2) is 6.61 Å². The van der Waals surface area contributed by atoms with Crippen LogP contribution in [-0.2, 0) is 19.1 Å². The van der Waals surface area contributed by atoms with Gasteiger partial charge >= 0.3 is 11.9 Å². The van der Waals surface area contributed by atoms with E-state index >= 15 is 0 Å². The second-order valence-electron chi connectivity index (χ2n) is 6.83. The molecule has 0 aromatic heterocycles. The van der Waals surface area contributed by atoms with Crippen LogP contribution in [-0.4, -0.2) is 43.4 Å². The minimum Gasteiger partial charge on any atom is -0.462 e. The largest absolute Gasteiger partial charge is 0.462 e. The highest BCUT2D eigenvalue weighted by atomic mass is 35.5. The Balaban J connectivity index is 1.58. The molecular weight excluding hydrogens is 445 g/mol. The summed E-state index contributed by atoms with van der Waals surface area (Å²) < 4.78 is 10.0. The predicted molar refractivity (Wildman–Crippen MR) is 115 cm³/mol. The van der Waals surface area contributed by atoms with Gasteiger partial charge in [-0.1, -0.05) is 23.2 Å². The van der Waals surface area contributed by atoms with Gasteiger partial charge in [0.05, 0.1) is 23.1 Å². The number of rotatable bonds is 7. The first-order valence-electron chi connectivity index (χ1n) is 9.52. The molecule has 7 nitrogen and oxygen atoms in total. The van der Waals surface area contributed by atoms with Gasteiger partial charge < -0.3 is 14.4 Å². The maximum atomic E-state index is 12.4. The van der Waals surface area contributed by atoms with Crippen molar-refractivity contribution in [2.45, 2.75) is 13.3 Å². The van der Waals surface area contributed by atoms with Crippen molar-refractivity contribution in [1.29, 1.82) is 0 Å². The molecule has 1 atom stereocenters. The lowest BCUT2D eigenvalue weighted by atomic mass is 10.1. The third kappa shape index (κ3) is 5.42. The zero-order valence-electron chi connectivity index (χ0n) is 16.6. The molecule has 2 aromatic rings. The Bertz CT molecular complexity index is 1020. The van der Waals surface area contributed by atoms with E-state index in [0.717, 1.165) is 0 Å². The number of ether oxygens (including phenoxy) is 2. The first-order valence-corrected chi connectivity index (χ1v) is 10.3. The lowest BCUT2D eigenvalue weighted by molar-refractivity contribution is -0.147. The van der Waals surface area contributed by atoms with Gasteiger partial charge in [-0.25, -0.2) is 4.79 Å². The number of hydrogen-bond donors (Lipinski definition) is 0. The molecule has 1 fully saturated rings. The van der Waals surface area contributed by atoms with Gasteiger partial charge in [0.1, 0.15) is 0 Å². The summed E-state index contributed by atoms with van der Waals surface area (Å²) in [6.07, 6.45) is -0.0334. The monoisotopic (exact) mass is 463 g/mol. The molecule has 1 aliphatic heterocycles. The average molecular weight is 464 g/mol. The number of hydrogen-bond acceptors (Lipinski definition) is 6. The van der Waals surface area contributed by atoms with Crippen molar-refractivity contribution < 1.29 is 28.7 Å². The molecule has 0 saturated carbocycles. The number of esters is 2. The predicted octanol–water partition coefficient (Wildman–Crippen LogP) is 3.95. The number of benzene rings is 2. The van der Waals surface area contributed by atoms with E-state index in [2.05, 4.69) is 0 Å². The van der Waals surface area contributed by atoms with Crippen LogP contribution in [0.1, 0.15) is 34.1 Å². The standard InChI is InChI=1S/C22H19Cl2NO6/c1-2-30-21(28)13-3-6-16(7-4-13)25-11-14(9-20(25)27)22(29)31-12-19(26)17-8-5-15(23)10-18(17)24/h3-8,10,14H,2,9,11-12H2,1H3/t14-/m0/s1. The summed E-state index contributed by atoms with van der Waals surface area (Å²) in [4.78, 5) is 50.2. The second kappa shape index (κ2) is 9.94. The summed E-state index contributed by atoms with van der Waals surface area (Å²) in [5, 5.41) is 0.556. The Kier molecular flexibility index (Phi) is 7.30. The smallest absolute Gasteiger partial charge is 0.338 e. The molecule has 0 aliphatic carbocycles. The normalized spacial score (nSPS) is 15.6. The van der Waals surface area contributed by atoms with E-state index in [9.17, 15) is 19.2 Å². The van der Waals surface area contributed by atoms with Gasteiger partial charge in [0, 0.05) is 29.2 Å². The first-order chi connectivity index (χ1) is 14.8. The van der Waals surface area contributed by atoms with Gasteiger partial charge in [-0.05, 0) is 49.4 Å². The minimum absolute atomic E-state index is 0.0334. The van der Waals surface area contributed by atoms with Gasteiger partial charge in [-0.2, -0.15) is 0 Å². The van der Waals surface area contributed by atoms with Crippen LogP contribution in [0.2, 0.25) is 10.0 Å². The Labute approximate surface area is 188 Å². The van der Waals surface area contributed by atoms with Crippen LogP contribution in [0.5, 0.6) is 0 Å². The van der Waals surface area contributed by atoms with E-state index in [4.69, 9.17) is 32.7 Å². The van der Waals surface area contributed by atoms with Crippen molar-refractivity contribution in [2.75, 3.05) is 24.7 Å². The molecule has 162 valence electrons. The number of nitrogens with zero attached hydrogens (tertiary/aromatic N) is 1. The number of anilines is 1. The first kappa shape index (κ1) is 22.8. The maximum Gasteiger partial charge on any atom is 0.338 e. The fourth-order valence-electron chi connectivity index (χ4n) is 3.15. The van der Waals surface area contributed by atoms with Gasteiger partial charge in [0.2, 0.25) is 11.7 Å². The van der Waals surface area contributed by atoms with Crippen molar-refractivity contribution in [1.82, 2.24) is 0 Å². The van der Waals surface area contributed by atoms with Crippen LogP contribution in [0.3, 0.4) is 0 Å². The lowest BCUT2D eigenvalue weighted by Gasteiger charge is -2.17. The highest BCUT2D eigenvalue weighted by Gasteiger charge is 2.36. The van der Waals surface area contributed by atoms with Crippen molar-refractivity contribution in [3.63, 3.8) is 0 Å². The molecule has 31 heavy (non-hydrogen) atoms.